The highest BCUT2D eigenvalue weighted by Crippen LogP contribution is 2.25. The molecule has 13 nitrogen and oxygen atoms in total. The van der Waals surface area contributed by atoms with Crippen molar-refractivity contribution >= 4 is 114 Å². The summed E-state index contributed by atoms with van der Waals surface area (Å²) in [5.74, 6) is -0.467. The minimum absolute atomic E-state index is 0. The number of nitrogens with zero attached hydrogens (tertiary/aromatic N) is 7. The summed E-state index contributed by atoms with van der Waals surface area (Å²) in [6.45, 7) is 6.64. The van der Waals surface area contributed by atoms with Gasteiger partial charge in [0.1, 0.15) is 5.82 Å². The van der Waals surface area contributed by atoms with Gasteiger partial charge in [0.05, 0.1) is 9.85 Å². The Balaban J connectivity index is -0.000000665. The number of halogens is 6. The van der Waals surface area contributed by atoms with Crippen LogP contribution in [0.3, 0.4) is 0 Å². The molecular weight excluding hydrogens is 1090 g/mol. The van der Waals surface area contributed by atoms with Crippen molar-refractivity contribution in [3.05, 3.63) is 98.8 Å². The molecular formula is C36H59Cl2FI3N9O4. The van der Waals surface area contributed by atoms with Crippen LogP contribution in [0.1, 0.15) is 20.7 Å². The molecule has 0 saturated carbocycles. The van der Waals surface area contributed by atoms with Crippen LogP contribution in [0.4, 0.5) is 32.8 Å². The first-order valence-corrected chi connectivity index (χ1v) is 23.4. The van der Waals surface area contributed by atoms with Crippen molar-refractivity contribution in [3.8, 4) is 0 Å². The van der Waals surface area contributed by atoms with Gasteiger partial charge in [0.2, 0.25) is 0 Å². The molecule has 3 unspecified atom stereocenters. The lowest BCUT2D eigenvalue weighted by molar-refractivity contribution is -0.385. The van der Waals surface area contributed by atoms with E-state index in [2.05, 4.69) is 121 Å². The number of anilines is 3. The van der Waals surface area contributed by atoms with Crippen LogP contribution < -0.4 is 20.9 Å². The summed E-state index contributed by atoms with van der Waals surface area (Å²) < 4.78 is 12.1. The van der Waals surface area contributed by atoms with Crippen LogP contribution in [0.2, 0.25) is 0 Å². The summed E-state index contributed by atoms with van der Waals surface area (Å²) in [7, 11) is 12.7. The lowest BCUT2D eigenvalue weighted by atomic mass is 10.2. The van der Waals surface area contributed by atoms with Crippen molar-refractivity contribution in [2.75, 3.05) is 97.1 Å². The molecule has 3 aromatic rings. The first kappa shape index (κ1) is 55.5. The molecule has 3 aliphatic rings. The number of rotatable bonds is 7. The summed E-state index contributed by atoms with van der Waals surface area (Å²) in [6.07, 6.45) is 3.70. The Morgan fingerprint density at radius 2 is 1.05 bits per heavy atom. The van der Waals surface area contributed by atoms with Crippen LogP contribution in [0.5, 0.6) is 0 Å². The van der Waals surface area contributed by atoms with Crippen LogP contribution >= 0.6 is 86.0 Å². The summed E-state index contributed by atoms with van der Waals surface area (Å²) in [4.78, 5) is 31.1. The molecule has 0 amide bonds. The number of non-ortho nitro benzene ring substituents is 2. The third-order valence-electron chi connectivity index (χ3n) is 9.27. The van der Waals surface area contributed by atoms with Gasteiger partial charge in [-0.1, -0.05) is 0 Å². The van der Waals surface area contributed by atoms with Gasteiger partial charge in [-0.05, 0) is 117 Å². The smallest absolute Gasteiger partial charge is 0.269 e. The molecule has 6 rings (SSSR count). The molecule has 55 heavy (non-hydrogen) atoms. The number of hydrogen-bond acceptors (Lipinski definition) is 11. The van der Waals surface area contributed by atoms with Crippen molar-refractivity contribution in [3.63, 3.8) is 0 Å². The number of nitrogen functional groups attached to an aromatic ring is 1. The van der Waals surface area contributed by atoms with Gasteiger partial charge < -0.3 is 35.6 Å². The van der Waals surface area contributed by atoms with Crippen molar-refractivity contribution in [2.24, 2.45) is 0 Å². The summed E-state index contributed by atoms with van der Waals surface area (Å²) in [5, 5.41) is 23.9. The molecule has 3 saturated heterocycles. The van der Waals surface area contributed by atoms with Crippen LogP contribution in [0.15, 0.2) is 72.8 Å². The van der Waals surface area contributed by atoms with E-state index in [1.54, 1.807) is 12.1 Å². The molecule has 0 aliphatic carbocycles. The van der Waals surface area contributed by atoms with E-state index in [0.717, 1.165) is 74.3 Å². The van der Waals surface area contributed by atoms with Crippen molar-refractivity contribution in [1.29, 1.82) is 0 Å². The molecule has 0 bridgehead atoms. The third-order valence-corrected chi connectivity index (χ3v) is 9.27. The quantitative estimate of drug-likeness (QED) is 0.102. The Kier molecular flexibility index (Phi) is 29.9. The fourth-order valence-electron chi connectivity index (χ4n) is 5.91. The summed E-state index contributed by atoms with van der Waals surface area (Å²) in [5.41, 5.74) is 8.92. The Labute approximate surface area is 380 Å². The van der Waals surface area contributed by atoms with Crippen LogP contribution in [-0.2, 0) is 0 Å². The van der Waals surface area contributed by atoms with Crippen molar-refractivity contribution in [1.82, 2.24) is 20.0 Å². The highest BCUT2D eigenvalue weighted by Gasteiger charge is 2.25. The topological polar surface area (TPSA) is 141 Å². The number of nitrogens with one attached hydrogen (secondary N) is 1. The number of nitro groups is 2. The second-order valence-corrected chi connectivity index (χ2v) is 13.4. The molecule has 3 atom stereocenters. The predicted molar refractivity (Wildman–Crippen MR) is 261 cm³/mol. The van der Waals surface area contributed by atoms with Gasteiger partial charge in [-0.25, -0.2) is 4.39 Å². The van der Waals surface area contributed by atoms with E-state index in [0.29, 0.717) is 12.1 Å². The van der Waals surface area contributed by atoms with Crippen LogP contribution in [0.25, 0.3) is 0 Å². The number of likely N-dealkylation sites (N-methyl/N-ethyl adjacent to an activating group) is 3. The van der Waals surface area contributed by atoms with E-state index < -0.39 is 10.7 Å². The van der Waals surface area contributed by atoms with Crippen LogP contribution in [-0.4, -0.2) is 124 Å². The lowest BCUT2D eigenvalue weighted by Gasteiger charge is -2.21. The predicted octanol–water partition coefficient (Wildman–Crippen LogP) is 8.27. The second-order valence-electron chi connectivity index (χ2n) is 13.4. The normalized spacial score (nSPS) is 18.1. The Morgan fingerprint density at radius 1 is 0.691 bits per heavy atom. The zero-order chi connectivity index (χ0) is 38.8. The highest BCUT2D eigenvalue weighted by atomic mass is 128. The van der Waals surface area contributed by atoms with Gasteiger partial charge in [-0.15, -0.1) is 48.8 Å². The zero-order valence-electron chi connectivity index (χ0n) is 32.2. The third kappa shape index (κ3) is 20.1. The maximum absolute atomic E-state index is 12.1. The van der Waals surface area contributed by atoms with Gasteiger partial charge in [0, 0.05) is 131 Å². The first-order chi connectivity index (χ1) is 24.7. The van der Waals surface area contributed by atoms with Crippen LogP contribution in [0, 0.1) is 26.0 Å². The van der Waals surface area contributed by atoms with E-state index in [4.69, 9.17) is 5.73 Å². The Hall–Kier alpha value is -1.60. The Morgan fingerprint density at radius 3 is 1.35 bits per heavy atom. The maximum Gasteiger partial charge on any atom is 0.269 e. The average molecular weight is 1150 g/mol. The molecule has 3 aromatic carbocycles. The number of benzene rings is 3. The minimum Gasteiger partial charge on any atom is -0.399 e. The molecule has 3 aliphatic heterocycles. The molecule has 3 fully saturated rings. The molecule has 19 heteroatoms. The standard InChI is InChI=1S/C12H17N3O2.C12H19N3.C6H4FNO2.C6H14N2.2ClH.I2.HI.H2/c1-13(2)12-7-8-14(9-12)10-3-5-11(6-4-10)15(16)17;1-14(2)12-7-8-15(9-12)11-5-3-10(13)4-6-11;7-5-1-3-6(4-2-5)8(9)10;1-8(2)6-3-4-7-5-6;;;1-2;;/h3-6,12H,7-9H2,1-2H3;3-6,12H,7-9,13H2,1-2H3;1-4H;6-7H,3-5H2,1-2H3;2*1H;;2*1H/i;;;;;;;;1+1. The molecule has 3 heterocycles. The van der Waals surface area contributed by atoms with Gasteiger partial charge in [-0.2, -0.15) is 0 Å². The largest absolute Gasteiger partial charge is 0.399 e. The number of nitrogens with two attached hydrogens (primary N) is 1. The van der Waals surface area contributed by atoms with Gasteiger partial charge in [0.25, 0.3) is 11.4 Å². The molecule has 0 aromatic heterocycles. The highest BCUT2D eigenvalue weighted by molar-refractivity contribution is 15.0. The SMILES string of the molecule is CN(C)C1CCN(c2ccc(N)cc2)C1.CN(C)C1CCN(c2ccc([N+](=O)[O-])cc2)C1.CN(C)C1CCNC1.Cl.Cl.I.II.O=[N+]([O-])c1ccc(F)cc1.[2HH]. The van der Waals surface area contributed by atoms with E-state index in [1.807, 2.05) is 24.3 Å². The molecule has 0 radical (unpaired) electrons. The van der Waals surface area contributed by atoms with Gasteiger partial charge >= 0.3 is 0 Å². The van der Waals surface area contributed by atoms with E-state index >= 15 is 0 Å². The molecule has 314 valence electrons. The van der Waals surface area contributed by atoms with E-state index in [9.17, 15) is 24.6 Å². The monoisotopic (exact) mass is 1150 g/mol. The minimum atomic E-state index is -0.570. The van der Waals surface area contributed by atoms with E-state index in [1.165, 1.54) is 31.6 Å². The molecule has 0 spiro atoms. The molecule has 3 N–H and O–H groups in total. The Bertz CT molecular complexity index is 1490. The zero-order valence-corrected chi connectivity index (χ0v) is 40.5. The summed E-state index contributed by atoms with van der Waals surface area (Å²) in [6, 6.07) is 21.3. The van der Waals surface area contributed by atoms with Gasteiger partial charge in [-0.3, -0.25) is 20.2 Å². The first-order valence-electron chi connectivity index (χ1n) is 17.1. The van der Waals surface area contributed by atoms with Gasteiger partial charge in [0.15, 0.2) is 0 Å². The second kappa shape index (κ2) is 29.6. The van der Waals surface area contributed by atoms with E-state index in [-0.39, 0.29) is 66.5 Å². The lowest BCUT2D eigenvalue weighted by Crippen LogP contribution is -2.31. The fourth-order valence-corrected chi connectivity index (χ4v) is 5.91. The summed E-state index contributed by atoms with van der Waals surface area (Å²) >= 11 is 4.24. The van der Waals surface area contributed by atoms with Crippen molar-refractivity contribution < 1.29 is 15.7 Å². The average Bonchev–Trinajstić information content (AvgIpc) is 3.94. The maximum atomic E-state index is 12.1. The van der Waals surface area contributed by atoms with Crippen molar-refractivity contribution in [2.45, 2.75) is 37.4 Å². The number of nitro benzene ring substituents is 2. The fraction of sp³-hybridized carbons (Fsp3) is 0.500. The number of hydrogen-bond donors (Lipinski definition) is 2.